The number of likely N-dealkylation sites (tertiary alicyclic amines) is 1. The van der Waals surface area contributed by atoms with E-state index >= 15 is 0 Å². The summed E-state index contributed by atoms with van der Waals surface area (Å²) in [7, 11) is 4.08. The number of nitrogens with zero attached hydrogens (tertiary/aromatic N) is 2. The zero-order chi connectivity index (χ0) is 15.3. The lowest BCUT2D eigenvalue weighted by Gasteiger charge is -2.40. The molecule has 6 heteroatoms. The van der Waals surface area contributed by atoms with Crippen molar-refractivity contribution in [3.63, 3.8) is 0 Å². The number of carboxylic acid groups (broad SMARTS) is 1. The number of piperidine rings is 1. The maximum Gasteiger partial charge on any atom is 0.322 e. The van der Waals surface area contributed by atoms with Crippen LogP contribution < -0.4 is 5.32 Å². The van der Waals surface area contributed by atoms with Crippen molar-refractivity contribution in [1.29, 1.82) is 0 Å². The molecule has 1 rings (SSSR count). The summed E-state index contributed by atoms with van der Waals surface area (Å²) in [6.45, 7) is 5.75. The highest BCUT2D eigenvalue weighted by atomic mass is 16.4. The van der Waals surface area contributed by atoms with E-state index < -0.39 is 5.97 Å². The molecule has 1 saturated heterocycles. The molecule has 0 aliphatic carbocycles. The first-order chi connectivity index (χ1) is 9.32. The van der Waals surface area contributed by atoms with Gasteiger partial charge in [0.15, 0.2) is 0 Å². The fraction of sp³-hybridized carbons (Fsp3) is 0.857. The summed E-state index contributed by atoms with van der Waals surface area (Å²) in [4.78, 5) is 27.2. The van der Waals surface area contributed by atoms with E-state index in [-0.39, 0.29) is 24.4 Å². The van der Waals surface area contributed by atoms with Gasteiger partial charge in [-0.05, 0) is 45.9 Å². The molecule has 0 spiro atoms. The largest absolute Gasteiger partial charge is 0.480 e. The Labute approximate surface area is 121 Å². The predicted octanol–water partition coefficient (Wildman–Crippen LogP) is 0.238. The third-order valence-corrected chi connectivity index (χ3v) is 4.02. The summed E-state index contributed by atoms with van der Waals surface area (Å²) in [5.74, 6) is -1.06. The highest BCUT2D eigenvalue weighted by Crippen LogP contribution is 2.20. The van der Waals surface area contributed by atoms with E-state index in [4.69, 9.17) is 5.11 Å². The van der Waals surface area contributed by atoms with Crippen molar-refractivity contribution < 1.29 is 14.7 Å². The first-order valence-corrected chi connectivity index (χ1v) is 7.23. The zero-order valence-corrected chi connectivity index (χ0v) is 12.9. The van der Waals surface area contributed by atoms with Crippen LogP contribution in [0.4, 0.5) is 0 Å². The van der Waals surface area contributed by atoms with E-state index in [1.54, 1.807) is 0 Å². The highest BCUT2D eigenvalue weighted by molar-refractivity contribution is 5.85. The van der Waals surface area contributed by atoms with E-state index in [9.17, 15) is 9.59 Å². The zero-order valence-electron chi connectivity index (χ0n) is 12.9. The minimum absolute atomic E-state index is 0.147. The molecular weight excluding hydrogens is 258 g/mol. The van der Waals surface area contributed by atoms with Crippen LogP contribution in [0.1, 0.15) is 26.7 Å². The Hall–Kier alpha value is -1.14. The Balaban J connectivity index is 2.64. The number of carboxylic acids is 1. The summed E-state index contributed by atoms with van der Waals surface area (Å²) in [5.41, 5.74) is 0. The Bertz CT molecular complexity index is 339. The lowest BCUT2D eigenvalue weighted by Crippen LogP contribution is -2.54. The molecule has 1 aliphatic rings. The topological polar surface area (TPSA) is 72.9 Å². The molecule has 1 fully saturated rings. The molecule has 6 nitrogen and oxygen atoms in total. The minimum atomic E-state index is -1.01. The second-order valence-corrected chi connectivity index (χ2v) is 6.00. The first kappa shape index (κ1) is 16.9. The smallest absolute Gasteiger partial charge is 0.322 e. The molecular formula is C14H27N3O3. The predicted molar refractivity (Wildman–Crippen MR) is 77.6 cm³/mol. The average Bonchev–Trinajstić information content (AvgIpc) is 2.36. The summed E-state index contributed by atoms with van der Waals surface area (Å²) >= 11 is 0. The van der Waals surface area contributed by atoms with Crippen molar-refractivity contribution in [2.45, 2.75) is 38.8 Å². The third kappa shape index (κ3) is 4.76. The van der Waals surface area contributed by atoms with Crippen molar-refractivity contribution >= 4 is 11.9 Å². The number of rotatable bonds is 6. The van der Waals surface area contributed by atoms with Crippen LogP contribution in [0.2, 0.25) is 0 Å². The van der Waals surface area contributed by atoms with Gasteiger partial charge in [0, 0.05) is 6.04 Å². The monoisotopic (exact) mass is 285 g/mol. The lowest BCUT2D eigenvalue weighted by molar-refractivity contribution is -0.139. The Morgan fingerprint density at radius 2 is 1.90 bits per heavy atom. The normalized spacial score (nSPS) is 19.3. The molecule has 0 saturated carbocycles. The number of hydrogen-bond acceptors (Lipinski definition) is 4. The number of amides is 1. The number of nitrogens with one attached hydrogen (secondary N) is 1. The van der Waals surface area contributed by atoms with Crippen LogP contribution in [0.15, 0.2) is 0 Å². The third-order valence-electron chi connectivity index (χ3n) is 4.02. The molecule has 1 heterocycles. The summed E-state index contributed by atoms with van der Waals surface area (Å²) in [6, 6.07) is 0.108. The Morgan fingerprint density at radius 3 is 2.35 bits per heavy atom. The van der Waals surface area contributed by atoms with E-state index in [1.165, 1.54) is 0 Å². The fourth-order valence-electron chi connectivity index (χ4n) is 2.85. The molecule has 20 heavy (non-hydrogen) atoms. The number of likely N-dealkylation sites (N-methyl/N-ethyl adjacent to an activating group) is 1. The minimum Gasteiger partial charge on any atom is -0.480 e. The molecule has 1 aliphatic heterocycles. The van der Waals surface area contributed by atoms with E-state index in [0.29, 0.717) is 6.04 Å². The first-order valence-electron chi connectivity index (χ1n) is 7.23. The fourth-order valence-corrected chi connectivity index (χ4v) is 2.85. The quantitative estimate of drug-likeness (QED) is 0.731. The second-order valence-electron chi connectivity index (χ2n) is 6.00. The maximum atomic E-state index is 12.2. The number of carbonyl (C=O) groups excluding carboxylic acids is 1. The van der Waals surface area contributed by atoms with Crippen molar-refractivity contribution in [2.24, 2.45) is 5.92 Å². The van der Waals surface area contributed by atoms with Gasteiger partial charge < -0.3 is 15.3 Å². The molecule has 0 radical (unpaired) electrons. The van der Waals surface area contributed by atoms with Crippen LogP contribution in [0.3, 0.4) is 0 Å². The highest BCUT2D eigenvalue weighted by Gasteiger charge is 2.32. The van der Waals surface area contributed by atoms with E-state index in [2.05, 4.69) is 22.2 Å². The van der Waals surface area contributed by atoms with Crippen LogP contribution in [0.25, 0.3) is 0 Å². The van der Waals surface area contributed by atoms with Crippen molar-refractivity contribution in [2.75, 3.05) is 33.7 Å². The molecule has 1 atom stereocenters. The van der Waals surface area contributed by atoms with Crippen LogP contribution in [0, 0.1) is 5.92 Å². The van der Waals surface area contributed by atoms with Gasteiger partial charge in [0.1, 0.15) is 6.54 Å². The van der Waals surface area contributed by atoms with Gasteiger partial charge in [-0.1, -0.05) is 13.8 Å². The maximum absolute atomic E-state index is 12.2. The van der Waals surface area contributed by atoms with Crippen LogP contribution in [-0.4, -0.2) is 72.6 Å². The summed E-state index contributed by atoms with van der Waals surface area (Å²) in [6.07, 6.45) is 2.09. The second kappa shape index (κ2) is 7.59. The average molecular weight is 285 g/mol. The Morgan fingerprint density at radius 1 is 1.35 bits per heavy atom. The molecule has 116 valence electrons. The van der Waals surface area contributed by atoms with Gasteiger partial charge in [-0.15, -0.1) is 0 Å². The van der Waals surface area contributed by atoms with Gasteiger partial charge in [0.05, 0.1) is 6.04 Å². The van der Waals surface area contributed by atoms with Crippen LogP contribution in [0.5, 0.6) is 0 Å². The van der Waals surface area contributed by atoms with Crippen molar-refractivity contribution in [1.82, 2.24) is 15.1 Å². The molecule has 1 unspecified atom stereocenters. The molecule has 0 aromatic heterocycles. The van der Waals surface area contributed by atoms with Gasteiger partial charge >= 0.3 is 5.97 Å². The molecule has 1 amide bonds. The molecule has 0 bridgehead atoms. The van der Waals surface area contributed by atoms with Crippen LogP contribution in [-0.2, 0) is 9.59 Å². The Kier molecular flexibility index (Phi) is 6.42. The summed E-state index contributed by atoms with van der Waals surface area (Å²) < 4.78 is 0. The SMILES string of the molecule is CC(C)C(C(=O)NCC(=O)O)N(C)C1CCN(C)CC1. The van der Waals surface area contributed by atoms with Gasteiger partial charge in [0.25, 0.3) is 0 Å². The molecule has 0 aromatic carbocycles. The van der Waals surface area contributed by atoms with Crippen molar-refractivity contribution in [3.8, 4) is 0 Å². The number of hydrogen-bond donors (Lipinski definition) is 2. The number of carbonyl (C=O) groups is 2. The summed E-state index contributed by atoms with van der Waals surface area (Å²) in [5, 5.41) is 11.2. The van der Waals surface area contributed by atoms with E-state index in [0.717, 1.165) is 25.9 Å². The molecule has 2 N–H and O–H groups in total. The van der Waals surface area contributed by atoms with Crippen LogP contribution >= 0.6 is 0 Å². The van der Waals surface area contributed by atoms with Gasteiger partial charge in [-0.2, -0.15) is 0 Å². The van der Waals surface area contributed by atoms with Crippen molar-refractivity contribution in [3.05, 3.63) is 0 Å². The standard InChI is InChI=1S/C14H27N3O3/c1-10(2)13(14(20)15-9-12(18)19)17(4)11-5-7-16(3)8-6-11/h10-11,13H,5-9H2,1-4H3,(H,15,20)(H,18,19). The van der Waals surface area contributed by atoms with Gasteiger partial charge in [-0.25, -0.2) is 0 Å². The number of aliphatic carboxylic acids is 1. The lowest BCUT2D eigenvalue weighted by atomic mass is 9.96. The van der Waals surface area contributed by atoms with E-state index in [1.807, 2.05) is 20.9 Å². The van der Waals surface area contributed by atoms with Gasteiger partial charge in [-0.3, -0.25) is 14.5 Å². The molecule has 0 aromatic rings. The van der Waals surface area contributed by atoms with Gasteiger partial charge in [0.2, 0.25) is 5.91 Å².